The molecule has 0 bridgehead atoms. The molecule has 0 saturated heterocycles. The predicted octanol–water partition coefficient (Wildman–Crippen LogP) is 4.40. The first-order chi connectivity index (χ1) is 8.56. The molecule has 0 saturated carbocycles. The Morgan fingerprint density at radius 2 is 1.83 bits per heavy atom. The van der Waals surface area contributed by atoms with E-state index < -0.39 is 0 Å². The van der Waals surface area contributed by atoms with E-state index in [0.717, 1.165) is 9.79 Å². The van der Waals surface area contributed by atoms with E-state index in [1.807, 2.05) is 12.1 Å². The molecule has 2 aromatic rings. The number of rotatable bonds is 3. The van der Waals surface area contributed by atoms with Gasteiger partial charge in [0.2, 0.25) is 0 Å². The number of ketones is 1. The summed E-state index contributed by atoms with van der Waals surface area (Å²) in [5, 5.41) is 10.1. The van der Waals surface area contributed by atoms with Crippen molar-refractivity contribution in [3.8, 4) is 5.75 Å². The van der Waals surface area contributed by atoms with E-state index in [2.05, 4.69) is 0 Å². The number of hydrogen-bond donors (Lipinski definition) is 1. The van der Waals surface area contributed by atoms with Crippen molar-refractivity contribution in [2.24, 2.45) is 0 Å². The molecule has 0 aliphatic heterocycles. The molecule has 0 unspecified atom stereocenters. The van der Waals surface area contributed by atoms with Gasteiger partial charge in [-0.25, -0.2) is 0 Å². The van der Waals surface area contributed by atoms with Crippen LogP contribution in [0.2, 0.25) is 5.02 Å². The van der Waals surface area contributed by atoms with Gasteiger partial charge in [0.1, 0.15) is 5.75 Å². The number of carbonyl (C=O) groups is 1. The summed E-state index contributed by atoms with van der Waals surface area (Å²) in [4.78, 5) is 13.3. The number of Topliss-reactive ketones (excluding diaryl/α,β-unsaturated/α-hetero) is 1. The number of phenolic OH excluding ortho intramolecular Hbond substituents is 1. The second-order valence-corrected chi connectivity index (χ2v) is 5.34. The van der Waals surface area contributed by atoms with Crippen LogP contribution in [0.1, 0.15) is 17.3 Å². The third-order valence-corrected chi connectivity index (χ3v) is 3.72. The van der Waals surface area contributed by atoms with Crippen LogP contribution < -0.4 is 0 Å². The van der Waals surface area contributed by atoms with Gasteiger partial charge in [0, 0.05) is 20.4 Å². The zero-order valence-electron chi connectivity index (χ0n) is 9.68. The maximum Gasteiger partial charge on any atom is 0.161 e. The minimum absolute atomic E-state index is 0.0673. The van der Waals surface area contributed by atoms with Crippen molar-refractivity contribution < 1.29 is 9.90 Å². The van der Waals surface area contributed by atoms with Crippen LogP contribution in [0.15, 0.2) is 52.3 Å². The van der Waals surface area contributed by atoms with Crippen molar-refractivity contribution in [3.05, 3.63) is 53.1 Å². The fourth-order valence-electron chi connectivity index (χ4n) is 1.51. The quantitative estimate of drug-likeness (QED) is 0.846. The monoisotopic (exact) mass is 278 g/mol. The molecule has 18 heavy (non-hydrogen) atoms. The largest absolute Gasteiger partial charge is 0.508 e. The molecule has 0 aliphatic carbocycles. The second-order valence-electron chi connectivity index (χ2n) is 3.79. The Bertz CT molecular complexity index is 579. The van der Waals surface area contributed by atoms with Crippen LogP contribution in [0.3, 0.4) is 0 Å². The van der Waals surface area contributed by atoms with Crippen LogP contribution in [0.25, 0.3) is 0 Å². The van der Waals surface area contributed by atoms with Crippen molar-refractivity contribution in [2.75, 3.05) is 0 Å². The highest BCUT2D eigenvalue weighted by atomic mass is 35.5. The summed E-state index contributed by atoms with van der Waals surface area (Å²) in [5.74, 6) is 0.0306. The number of benzene rings is 2. The molecule has 92 valence electrons. The maximum atomic E-state index is 11.5. The number of hydrogen-bond acceptors (Lipinski definition) is 3. The number of phenols is 1. The molecule has 2 nitrogen and oxygen atoms in total. The minimum Gasteiger partial charge on any atom is -0.508 e. The normalized spacial score (nSPS) is 10.3. The molecule has 0 aromatic heterocycles. The molecule has 0 atom stereocenters. The molecule has 0 aliphatic rings. The van der Waals surface area contributed by atoms with Gasteiger partial charge in [-0.05, 0) is 49.4 Å². The van der Waals surface area contributed by atoms with Gasteiger partial charge in [-0.3, -0.25) is 4.79 Å². The maximum absolute atomic E-state index is 11.5. The summed E-state index contributed by atoms with van der Waals surface area (Å²) in [6.45, 7) is 1.49. The molecule has 4 heteroatoms. The molecule has 2 aromatic carbocycles. The van der Waals surface area contributed by atoms with Gasteiger partial charge >= 0.3 is 0 Å². The molecule has 0 heterocycles. The van der Waals surface area contributed by atoms with Gasteiger partial charge in [-0.2, -0.15) is 0 Å². The summed E-state index contributed by atoms with van der Waals surface area (Å²) in [6.07, 6.45) is 0. The third kappa shape index (κ3) is 3.06. The van der Waals surface area contributed by atoms with E-state index >= 15 is 0 Å². The first kappa shape index (κ1) is 13.0. The minimum atomic E-state index is -0.0673. The highest BCUT2D eigenvalue weighted by Crippen LogP contribution is 2.33. The average Bonchev–Trinajstić information content (AvgIpc) is 2.34. The van der Waals surface area contributed by atoms with Gasteiger partial charge in [0.05, 0.1) is 0 Å². The lowest BCUT2D eigenvalue weighted by Crippen LogP contribution is -1.94. The standard InChI is InChI=1S/C14H11ClO2S/c1-9(16)13-8-11(17)4-7-14(13)18-12-5-2-10(15)3-6-12/h2-8,17H,1H3. The molecule has 0 fully saturated rings. The van der Waals surface area contributed by atoms with Crippen molar-refractivity contribution in [3.63, 3.8) is 0 Å². The van der Waals surface area contributed by atoms with E-state index in [1.54, 1.807) is 24.3 Å². The van der Waals surface area contributed by atoms with Crippen LogP contribution in [-0.2, 0) is 0 Å². The Kier molecular flexibility index (Phi) is 3.94. The summed E-state index contributed by atoms with van der Waals surface area (Å²) in [5.41, 5.74) is 0.523. The molecular weight excluding hydrogens is 268 g/mol. The molecule has 0 spiro atoms. The van der Waals surface area contributed by atoms with E-state index in [4.69, 9.17) is 11.6 Å². The SMILES string of the molecule is CC(=O)c1cc(O)ccc1Sc1ccc(Cl)cc1. The summed E-state index contributed by atoms with van der Waals surface area (Å²) in [7, 11) is 0. The summed E-state index contributed by atoms with van der Waals surface area (Å²) in [6, 6.07) is 12.2. The smallest absolute Gasteiger partial charge is 0.161 e. The third-order valence-electron chi connectivity index (χ3n) is 2.38. The summed E-state index contributed by atoms with van der Waals surface area (Å²) < 4.78 is 0. The second kappa shape index (κ2) is 5.46. The fraction of sp³-hybridized carbons (Fsp3) is 0.0714. The molecule has 2 rings (SSSR count). The van der Waals surface area contributed by atoms with E-state index in [1.165, 1.54) is 24.8 Å². The predicted molar refractivity (Wildman–Crippen MR) is 73.7 cm³/mol. The molecule has 0 amide bonds. The lowest BCUT2D eigenvalue weighted by atomic mass is 10.1. The van der Waals surface area contributed by atoms with Crippen molar-refractivity contribution in [1.29, 1.82) is 0 Å². The van der Waals surface area contributed by atoms with Crippen molar-refractivity contribution in [1.82, 2.24) is 0 Å². The van der Waals surface area contributed by atoms with E-state index in [-0.39, 0.29) is 11.5 Å². The zero-order valence-corrected chi connectivity index (χ0v) is 11.3. The topological polar surface area (TPSA) is 37.3 Å². The average molecular weight is 279 g/mol. The zero-order chi connectivity index (χ0) is 13.1. The first-order valence-electron chi connectivity index (χ1n) is 5.33. The Hall–Kier alpha value is -1.45. The number of carbonyl (C=O) groups excluding carboxylic acids is 1. The van der Waals surface area contributed by atoms with Gasteiger partial charge < -0.3 is 5.11 Å². The van der Waals surface area contributed by atoms with Gasteiger partial charge in [-0.15, -0.1) is 0 Å². The number of halogens is 1. The Morgan fingerprint density at radius 1 is 1.17 bits per heavy atom. The van der Waals surface area contributed by atoms with E-state index in [9.17, 15) is 9.90 Å². The summed E-state index contributed by atoms with van der Waals surface area (Å²) >= 11 is 7.29. The van der Waals surface area contributed by atoms with Crippen LogP contribution in [0, 0.1) is 0 Å². The highest BCUT2D eigenvalue weighted by Gasteiger charge is 2.09. The van der Waals surface area contributed by atoms with Crippen LogP contribution >= 0.6 is 23.4 Å². The van der Waals surface area contributed by atoms with Gasteiger partial charge in [-0.1, -0.05) is 23.4 Å². The molecule has 0 radical (unpaired) electrons. The number of aromatic hydroxyl groups is 1. The van der Waals surface area contributed by atoms with Gasteiger partial charge in [0.25, 0.3) is 0 Å². The molecular formula is C14H11ClO2S. The van der Waals surface area contributed by atoms with Crippen molar-refractivity contribution in [2.45, 2.75) is 16.7 Å². The van der Waals surface area contributed by atoms with Crippen LogP contribution in [-0.4, -0.2) is 10.9 Å². The lowest BCUT2D eigenvalue weighted by molar-refractivity contribution is 0.101. The highest BCUT2D eigenvalue weighted by molar-refractivity contribution is 7.99. The van der Waals surface area contributed by atoms with Gasteiger partial charge in [0.15, 0.2) is 5.78 Å². The Morgan fingerprint density at radius 3 is 2.44 bits per heavy atom. The van der Waals surface area contributed by atoms with Crippen LogP contribution in [0.4, 0.5) is 0 Å². The fourth-order valence-corrected chi connectivity index (χ4v) is 2.61. The Labute approximate surface area is 115 Å². The Balaban J connectivity index is 2.34. The molecule has 1 N–H and O–H groups in total. The van der Waals surface area contributed by atoms with E-state index in [0.29, 0.717) is 10.6 Å². The lowest BCUT2D eigenvalue weighted by Gasteiger charge is -2.07. The van der Waals surface area contributed by atoms with Crippen LogP contribution in [0.5, 0.6) is 5.75 Å². The first-order valence-corrected chi connectivity index (χ1v) is 6.53. The van der Waals surface area contributed by atoms with Crippen molar-refractivity contribution >= 4 is 29.1 Å².